The molecule has 0 bridgehead atoms. The summed E-state index contributed by atoms with van der Waals surface area (Å²) in [6.07, 6.45) is 3.90. The molecule has 0 saturated carbocycles. The van der Waals surface area contributed by atoms with Crippen LogP contribution in [0.3, 0.4) is 0 Å². The molecule has 1 atom stereocenters. The summed E-state index contributed by atoms with van der Waals surface area (Å²) >= 11 is 5.93. The SMILES string of the molecule is Fc1cc(Cl)cc(N2CCN3CCCCC3C2)c1. The van der Waals surface area contributed by atoms with Gasteiger partial charge in [0.05, 0.1) is 0 Å². The average molecular weight is 269 g/mol. The lowest BCUT2D eigenvalue weighted by molar-refractivity contribution is 0.133. The van der Waals surface area contributed by atoms with Crippen molar-refractivity contribution in [1.29, 1.82) is 0 Å². The number of benzene rings is 1. The summed E-state index contributed by atoms with van der Waals surface area (Å²) < 4.78 is 13.4. The van der Waals surface area contributed by atoms with Crippen molar-refractivity contribution in [2.45, 2.75) is 25.3 Å². The first-order valence-corrected chi connectivity index (χ1v) is 7.05. The number of piperazine rings is 1. The predicted molar refractivity (Wildman–Crippen MR) is 72.8 cm³/mol. The molecule has 3 rings (SSSR count). The molecule has 0 spiro atoms. The Morgan fingerprint density at radius 2 is 2.00 bits per heavy atom. The van der Waals surface area contributed by atoms with Crippen LogP contribution in [0, 0.1) is 5.82 Å². The number of fused-ring (bicyclic) bond motifs is 1. The quantitative estimate of drug-likeness (QED) is 0.772. The highest BCUT2D eigenvalue weighted by Gasteiger charge is 2.29. The summed E-state index contributed by atoms with van der Waals surface area (Å²) in [4.78, 5) is 4.84. The summed E-state index contributed by atoms with van der Waals surface area (Å²) in [7, 11) is 0. The van der Waals surface area contributed by atoms with Crippen molar-refractivity contribution in [3.63, 3.8) is 0 Å². The lowest BCUT2D eigenvalue weighted by Crippen LogP contribution is -2.54. The van der Waals surface area contributed by atoms with E-state index in [2.05, 4.69) is 9.80 Å². The van der Waals surface area contributed by atoms with Crippen LogP contribution in [0.2, 0.25) is 5.02 Å². The smallest absolute Gasteiger partial charge is 0.126 e. The molecule has 0 amide bonds. The molecule has 1 aromatic rings. The summed E-state index contributed by atoms with van der Waals surface area (Å²) in [6, 6.07) is 5.45. The van der Waals surface area contributed by atoms with Crippen molar-refractivity contribution in [3.05, 3.63) is 29.0 Å². The molecule has 2 aliphatic heterocycles. The molecule has 1 unspecified atom stereocenters. The zero-order valence-corrected chi connectivity index (χ0v) is 11.2. The zero-order chi connectivity index (χ0) is 12.5. The third-order valence-electron chi connectivity index (χ3n) is 4.05. The van der Waals surface area contributed by atoms with Gasteiger partial charge in [-0.1, -0.05) is 18.0 Å². The lowest BCUT2D eigenvalue weighted by Gasteiger charge is -2.45. The van der Waals surface area contributed by atoms with Gasteiger partial charge in [-0.3, -0.25) is 4.90 Å². The van der Waals surface area contributed by atoms with E-state index in [0.29, 0.717) is 11.1 Å². The minimum Gasteiger partial charge on any atom is -0.369 e. The molecule has 0 radical (unpaired) electrons. The zero-order valence-electron chi connectivity index (χ0n) is 10.4. The van der Waals surface area contributed by atoms with Gasteiger partial charge in [0, 0.05) is 36.4 Å². The van der Waals surface area contributed by atoms with E-state index in [1.165, 1.54) is 31.9 Å². The van der Waals surface area contributed by atoms with Crippen LogP contribution >= 0.6 is 11.6 Å². The molecule has 2 heterocycles. The third-order valence-corrected chi connectivity index (χ3v) is 4.27. The van der Waals surface area contributed by atoms with Crippen LogP contribution in [0.4, 0.5) is 10.1 Å². The van der Waals surface area contributed by atoms with Gasteiger partial charge in [-0.05, 0) is 37.6 Å². The van der Waals surface area contributed by atoms with E-state index in [0.717, 1.165) is 25.3 Å². The lowest BCUT2D eigenvalue weighted by atomic mass is 9.99. The van der Waals surface area contributed by atoms with Crippen molar-refractivity contribution >= 4 is 17.3 Å². The number of anilines is 1. The van der Waals surface area contributed by atoms with Gasteiger partial charge in [-0.15, -0.1) is 0 Å². The number of halogens is 2. The maximum Gasteiger partial charge on any atom is 0.126 e. The number of hydrogen-bond acceptors (Lipinski definition) is 2. The number of rotatable bonds is 1. The van der Waals surface area contributed by atoms with Gasteiger partial charge in [0.15, 0.2) is 0 Å². The fourth-order valence-corrected chi connectivity index (χ4v) is 3.33. The van der Waals surface area contributed by atoms with E-state index in [-0.39, 0.29) is 5.82 Å². The van der Waals surface area contributed by atoms with Crippen molar-refractivity contribution < 1.29 is 4.39 Å². The first-order chi connectivity index (χ1) is 8.72. The van der Waals surface area contributed by atoms with Crippen molar-refractivity contribution in [2.75, 3.05) is 31.1 Å². The summed E-state index contributed by atoms with van der Waals surface area (Å²) in [6.45, 7) is 4.28. The molecule has 0 aliphatic carbocycles. The minimum atomic E-state index is -0.247. The largest absolute Gasteiger partial charge is 0.369 e. The Hall–Kier alpha value is -0.800. The van der Waals surface area contributed by atoms with E-state index < -0.39 is 0 Å². The van der Waals surface area contributed by atoms with E-state index in [9.17, 15) is 4.39 Å². The fourth-order valence-electron chi connectivity index (χ4n) is 3.11. The van der Waals surface area contributed by atoms with E-state index in [1.54, 1.807) is 6.07 Å². The number of hydrogen-bond donors (Lipinski definition) is 0. The Balaban J connectivity index is 1.76. The first-order valence-electron chi connectivity index (χ1n) is 6.67. The molecule has 98 valence electrons. The molecule has 1 aromatic carbocycles. The van der Waals surface area contributed by atoms with E-state index in [4.69, 9.17) is 11.6 Å². The molecule has 2 saturated heterocycles. The monoisotopic (exact) mass is 268 g/mol. The first kappa shape index (κ1) is 12.2. The highest BCUT2D eigenvalue weighted by Crippen LogP contribution is 2.27. The number of piperidine rings is 1. The van der Waals surface area contributed by atoms with Crippen LogP contribution in [-0.4, -0.2) is 37.1 Å². The predicted octanol–water partition coefficient (Wildman–Crippen LogP) is 3.15. The second-order valence-electron chi connectivity index (χ2n) is 5.26. The van der Waals surface area contributed by atoms with Crippen molar-refractivity contribution in [1.82, 2.24) is 4.90 Å². The Bertz CT molecular complexity index is 418. The van der Waals surface area contributed by atoms with Crippen LogP contribution in [0.15, 0.2) is 18.2 Å². The van der Waals surface area contributed by atoms with E-state index in [1.807, 2.05) is 6.07 Å². The molecular formula is C14H18ClFN2. The Morgan fingerprint density at radius 1 is 1.11 bits per heavy atom. The van der Waals surface area contributed by atoms with Gasteiger partial charge in [0.25, 0.3) is 0 Å². The van der Waals surface area contributed by atoms with Crippen molar-refractivity contribution in [3.8, 4) is 0 Å². The maximum atomic E-state index is 13.4. The Labute approximate surface area is 112 Å². The summed E-state index contributed by atoms with van der Waals surface area (Å²) in [5, 5.41) is 0.482. The van der Waals surface area contributed by atoms with Crippen molar-refractivity contribution in [2.24, 2.45) is 0 Å². The highest BCUT2D eigenvalue weighted by atomic mass is 35.5. The van der Waals surface area contributed by atoms with Crippen LogP contribution < -0.4 is 4.90 Å². The molecule has 18 heavy (non-hydrogen) atoms. The summed E-state index contributed by atoms with van der Waals surface area (Å²) in [5.41, 5.74) is 0.922. The average Bonchev–Trinajstić information content (AvgIpc) is 2.37. The standard InChI is InChI=1S/C14H18ClFN2/c15-11-7-12(16)9-14(8-11)18-6-5-17-4-2-1-3-13(17)10-18/h7-9,13H,1-6,10H2. The van der Waals surface area contributed by atoms with Gasteiger partial charge >= 0.3 is 0 Å². The van der Waals surface area contributed by atoms with Crippen LogP contribution in [0.25, 0.3) is 0 Å². The molecular weight excluding hydrogens is 251 g/mol. The normalized spacial score (nSPS) is 25.0. The van der Waals surface area contributed by atoms with Gasteiger partial charge in [0.1, 0.15) is 5.82 Å². The Morgan fingerprint density at radius 3 is 2.83 bits per heavy atom. The molecule has 0 aromatic heterocycles. The third kappa shape index (κ3) is 2.47. The second-order valence-corrected chi connectivity index (χ2v) is 5.70. The number of nitrogens with zero attached hydrogens (tertiary/aromatic N) is 2. The van der Waals surface area contributed by atoms with Crippen LogP contribution in [0.5, 0.6) is 0 Å². The molecule has 2 aliphatic rings. The molecule has 0 N–H and O–H groups in total. The maximum absolute atomic E-state index is 13.4. The van der Waals surface area contributed by atoms with Crippen LogP contribution in [-0.2, 0) is 0 Å². The van der Waals surface area contributed by atoms with Gasteiger partial charge in [0.2, 0.25) is 0 Å². The fraction of sp³-hybridized carbons (Fsp3) is 0.571. The van der Waals surface area contributed by atoms with Crippen LogP contribution in [0.1, 0.15) is 19.3 Å². The van der Waals surface area contributed by atoms with E-state index >= 15 is 0 Å². The topological polar surface area (TPSA) is 6.48 Å². The van der Waals surface area contributed by atoms with Gasteiger partial charge in [-0.2, -0.15) is 0 Å². The molecule has 2 nitrogen and oxygen atoms in total. The molecule has 2 fully saturated rings. The highest BCUT2D eigenvalue weighted by molar-refractivity contribution is 6.30. The Kier molecular flexibility index (Phi) is 3.44. The summed E-state index contributed by atoms with van der Waals surface area (Å²) in [5.74, 6) is -0.247. The van der Waals surface area contributed by atoms with Gasteiger partial charge < -0.3 is 4.90 Å². The minimum absolute atomic E-state index is 0.247. The second kappa shape index (κ2) is 5.06. The van der Waals surface area contributed by atoms with Gasteiger partial charge in [-0.25, -0.2) is 4.39 Å². The molecule has 4 heteroatoms.